The molecule has 230 valence electrons. The summed E-state index contributed by atoms with van der Waals surface area (Å²) >= 11 is 0. The Morgan fingerprint density at radius 3 is 2.26 bits per heavy atom. The van der Waals surface area contributed by atoms with Crippen LogP contribution >= 0.6 is 0 Å². The Bertz CT molecular complexity index is 1320. The Morgan fingerprint density at radius 1 is 1.00 bits per heavy atom. The molecule has 0 spiro atoms. The van der Waals surface area contributed by atoms with E-state index in [0.29, 0.717) is 17.6 Å². The first-order valence-electron chi connectivity index (χ1n) is 14.7. The molecule has 1 aromatic carbocycles. The molecule has 2 bridgehead atoms. The number of aliphatic hydroxyl groups is 3. The van der Waals surface area contributed by atoms with E-state index in [1.165, 1.54) is 6.92 Å². The highest BCUT2D eigenvalue weighted by molar-refractivity contribution is 5.89. The van der Waals surface area contributed by atoms with E-state index in [1.807, 2.05) is 6.92 Å². The molecule has 5 aliphatic rings. The van der Waals surface area contributed by atoms with Crippen molar-refractivity contribution in [1.82, 2.24) is 0 Å². The minimum Gasteiger partial charge on any atom is -0.455 e. The molecule has 0 aromatic heterocycles. The number of carbonyl (C=O) groups is 2. The van der Waals surface area contributed by atoms with Gasteiger partial charge in [0, 0.05) is 30.6 Å². The van der Waals surface area contributed by atoms with Gasteiger partial charge in [-0.1, -0.05) is 39.0 Å². The van der Waals surface area contributed by atoms with Crippen molar-refractivity contribution in [3.8, 4) is 0 Å². The van der Waals surface area contributed by atoms with E-state index >= 15 is 0 Å². The molecular formula is C32H42O10. The van der Waals surface area contributed by atoms with Crippen molar-refractivity contribution in [2.75, 3.05) is 6.61 Å². The Kier molecular flexibility index (Phi) is 6.60. The van der Waals surface area contributed by atoms with E-state index in [4.69, 9.17) is 23.7 Å². The fourth-order valence-electron chi connectivity index (χ4n) is 8.88. The van der Waals surface area contributed by atoms with Gasteiger partial charge in [-0.15, -0.1) is 0 Å². The van der Waals surface area contributed by atoms with Gasteiger partial charge >= 0.3 is 11.9 Å². The molecule has 0 radical (unpaired) electrons. The molecule has 10 heteroatoms. The van der Waals surface area contributed by atoms with Crippen molar-refractivity contribution in [2.24, 2.45) is 16.7 Å². The van der Waals surface area contributed by atoms with Crippen LogP contribution in [0.2, 0.25) is 0 Å². The van der Waals surface area contributed by atoms with Crippen LogP contribution in [0.3, 0.4) is 0 Å². The lowest BCUT2D eigenvalue weighted by Gasteiger charge is -2.71. The molecule has 6 rings (SSSR count). The maximum Gasteiger partial charge on any atom is 0.338 e. The molecule has 2 saturated carbocycles. The number of hydrogen-bond acceptors (Lipinski definition) is 10. The minimum atomic E-state index is -1.91. The second-order valence-electron chi connectivity index (χ2n) is 14.0. The molecule has 10 atom stereocenters. The number of carbonyl (C=O) groups excluding carboxylic acids is 2. The predicted octanol–water partition coefficient (Wildman–Crippen LogP) is 2.67. The lowest BCUT2D eigenvalue weighted by molar-refractivity contribution is -0.430. The van der Waals surface area contributed by atoms with Gasteiger partial charge in [-0.05, 0) is 44.1 Å². The summed E-state index contributed by atoms with van der Waals surface area (Å²) in [5.74, 6) is -3.29. The summed E-state index contributed by atoms with van der Waals surface area (Å²) in [5.41, 5.74) is -4.35. The second kappa shape index (κ2) is 9.33. The number of ether oxygens (including phenoxy) is 5. The topological polar surface area (TPSA) is 141 Å². The summed E-state index contributed by atoms with van der Waals surface area (Å²) in [6, 6.07) is 8.45. The average molecular weight is 587 g/mol. The molecule has 2 aliphatic heterocycles. The minimum absolute atomic E-state index is 0.00337. The third-order valence-electron chi connectivity index (χ3n) is 10.9. The van der Waals surface area contributed by atoms with Gasteiger partial charge in [-0.3, -0.25) is 4.79 Å². The van der Waals surface area contributed by atoms with Gasteiger partial charge in [0.2, 0.25) is 0 Å². The van der Waals surface area contributed by atoms with Gasteiger partial charge in [0.1, 0.15) is 23.9 Å². The van der Waals surface area contributed by atoms with E-state index in [9.17, 15) is 24.9 Å². The summed E-state index contributed by atoms with van der Waals surface area (Å²) in [4.78, 5) is 26.5. The third kappa shape index (κ3) is 3.85. The number of fused-ring (bicyclic) bond motifs is 4. The van der Waals surface area contributed by atoms with Crippen LogP contribution in [0.15, 0.2) is 41.5 Å². The van der Waals surface area contributed by atoms with Crippen LogP contribution in [0.1, 0.15) is 71.7 Å². The van der Waals surface area contributed by atoms with Gasteiger partial charge in [-0.25, -0.2) is 4.79 Å². The van der Waals surface area contributed by atoms with Crippen molar-refractivity contribution in [3.05, 3.63) is 47.0 Å². The summed E-state index contributed by atoms with van der Waals surface area (Å²) in [6.07, 6.45) is -5.73. The number of aliphatic hydroxyl groups excluding tert-OH is 2. The molecule has 4 fully saturated rings. The van der Waals surface area contributed by atoms with Crippen LogP contribution in [-0.2, 0) is 28.5 Å². The van der Waals surface area contributed by atoms with Crippen molar-refractivity contribution in [3.63, 3.8) is 0 Å². The summed E-state index contributed by atoms with van der Waals surface area (Å²) in [5, 5.41) is 36.6. The van der Waals surface area contributed by atoms with Crippen molar-refractivity contribution < 1.29 is 48.6 Å². The third-order valence-corrected chi connectivity index (χ3v) is 10.9. The molecule has 2 heterocycles. The SMILES string of the molecule is CC(=O)O[C@@]12CO[C@@H]1C[C@@H]1OC(C)(C)O[C@H]3[C@H](O)C4=C(C)[C@@H](O)C[C@@](O)([C@@H](OC(=O)c5ccccc5)[C@H]2[C@@]13C)C4(C)C. The number of rotatable bonds is 3. The highest BCUT2D eigenvalue weighted by Gasteiger charge is 2.79. The Morgan fingerprint density at radius 2 is 1.67 bits per heavy atom. The van der Waals surface area contributed by atoms with Gasteiger partial charge in [0.15, 0.2) is 11.4 Å². The van der Waals surface area contributed by atoms with Gasteiger partial charge < -0.3 is 39.0 Å². The van der Waals surface area contributed by atoms with E-state index in [-0.39, 0.29) is 18.6 Å². The zero-order valence-corrected chi connectivity index (χ0v) is 25.2. The predicted molar refractivity (Wildman–Crippen MR) is 148 cm³/mol. The molecular weight excluding hydrogens is 544 g/mol. The van der Waals surface area contributed by atoms with Crippen LogP contribution in [0.5, 0.6) is 0 Å². The Hall–Kier alpha value is -2.34. The average Bonchev–Trinajstić information content (AvgIpc) is 2.89. The number of hydrogen-bond donors (Lipinski definition) is 3. The van der Waals surface area contributed by atoms with Gasteiger partial charge in [-0.2, -0.15) is 0 Å². The Balaban J connectivity index is 1.65. The van der Waals surface area contributed by atoms with Gasteiger partial charge in [0.25, 0.3) is 0 Å². The first kappa shape index (κ1) is 29.7. The zero-order chi connectivity index (χ0) is 30.6. The standard InChI is InChI=1S/C32H42O10/c1-16-19(34)14-32(37)26(39-27(36)18-11-9-8-10-12-18)24-30(7)20(13-21-31(24,15-38-21)40-17(2)33)41-29(5,6)42-25(30)23(35)22(16)28(32,3)4/h8-12,19-21,23-26,34-35,37H,13-15H2,1-7H3/t19-,20-,21+,23+,24-,25-,26-,30+,31-,32+/m0/s1. The summed E-state index contributed by atoms with van der Waals surface area (Å²) in [6.45, 7) is 12.0. The van der Waals surface area contributed by atoms with Gasteiger partial charge in [0.05, 0.1) is 36.4 Å². The lowest BCUT2D eigenvalue weighted by Crippen LogP contribution is -2.84. The van der Waals surface area contributed by atoms with E-state index in [2.05, 4.69) is 0 Å². The molecule has 3 aliphatic carbocycles. The normalized spacial score (nSPS) is 44.9. The molecule has 42 heavy (non-hydrogen) atoms. The van der Waals surface area contributed by atoms with Crippen molar-refractivity contribution in [2.45, 2.75) is 115 Å². The highest BCUT2D eigenvalue weighted by Crippen LogP contribution is 2.67. The molecule has 1 aromatic rings. The van der Waals surface area contributed by atoms with E-state index in [1.54, 1.807) is 65.0 Å². The number of benzene rings is 1. The van der Waals surface area contributed by atoms with Crippen LogP contribution in [0.25, 0.3) is 0 Å². The zero-order valence-electron chi connectivity index (χ0n) is 25.2. The summed E-state index contributed by atoms with van der Waals surface area (Å²) in [7, 11) is 0. The fourth-order valence-corrected chi connectivity index (χ4v) is 8.88. The second-order valence-corrected chi connectivity index (χ2v) is 14.0. The molecule has 0 amide bonds. The maximum atomic E-state index is 13.8. The first-order valence-corrected chi connectivity index (χ1v) is 14.7. The van der Waals surface area contributed by atoms with E-state index < -0.39 is 82.3 Å². The maximum absolute atomic E-state index is 13.8. The van der Waals surface area contributed by atoms with Crippen LogP contribution in [-0.4, -0.2) is 87.5 Å². The van der Waals surface area contributed by atoms with E-state index in [0.717, 1.165) is 0 Å². The first-order chi connectivity index (χ1) is 19.5. The summed E-state index contributed by atoms with van der Waals surface area (Å²) < 4.78 is 31.7. The monoisotopic (exact) mass is 586 g/mol. The smallest absolute Gasteiger partial charge is 0.338 e. The molecule has 3 N–H and O–H groups in total. The van der Waals surface area contributed by atoms with Crippen molar-refractivity contribution >= 4 is 11.9 Å². The van der Waals surface area contributed by atoms with Crippen LogP contribution in [0.4, 0.5) is 0 Å². The largest absolute Gasteiger partial charge is 0.455 e. The quantitative estimate of drug-likeness (QED) is 0.358. The molecule has 10 nitrogen and oxygen atoms in total. The molecule has 0 unspecified atom stereocenters. The Labute approximate surface area is 245 Å². The number of esters is 2. The van der Waals surface area contributed by atoms with Crippen molar-refractivity contribution in [1.29, 1.82) is 0 Å². The lowest BCUT2D eigenvalue weighted by atomic mass is 9.44. The highest BCUT2D eigenvalue weighted by atomic mass is 16.7. The fraction of sp³-hybridized carbons (Fsp3) is 0.688. The van der Waals surface area contributed by atoms with Crippen LogP contribution < -0.4 is 0 Å². The molecule has 2 saturated heterocycles. The van der Waals surface area contributed by atoms with Crippen LogP contribution in [0, 0.1) is 16.7 Å².